The lowest BCUT2D eigenvalue weighted by Gasteiger charge is -2.46. The van der Waals surface area contributed by atoms with E-state index in [0.29, 0.717) is 18.5 Å². The maximum atomic E-state index is 14.3. The number of aliphatic hydroxyl groups is 5. The third-order valence-electron chi connectivity index (χ3n) is 16.1. The fraction of sp³-hybridized carbons (Fsp3) is 0.750. The molecule has 3 aliphatic heterocycles. The van der Waals surface area contributed by atoms with Crippen LogP contribution in [0.1, 0.15) is 139 Å². The lowest BCUT2D eigenvalue weighted by Crippen LogP contribution is -3.00. The van der Waals surface area contributed by atoms with Gasteiger partial charge < -0.3 is 66.7 Å². The summed E-state index contributed by atoms with van der Waals surface area (Å²) in [7, 11) is 2.14. The Bertz CT molecular complexity index is 1840. The van der Waals surface area contributed by atoms with Crippen molar-refractivity contribution >= 4 is 29.7 Å². The summed E-state index contributed by atoms with van der Waals surface area (Å²) in [5.74, 6) is -3.31. The first-order valence-corrected chi connectivity index (χ1v) is 28.7. The van der Waals surface area contributed by atoms with Crippen molar-refractivity contribution in [1.29, 1.82) is 0 Å². The number of hydrogen-bond donors (Lipinski definition) is 5. The zero-order valence-corrected chi connectivity index (χ0v) is 46.4. The number of likely N-dealkylation sites (N-methyl/N-ethyl adjacent to an activating group) is 1. The second kappa shape index (κ2) is 28.0. The number of unbranched alkanes of at least 4 members (excludes halogenated alkanes) is 8. The summed E-state index contributed by atoms with van der Waals surface area (Å²) in [5, 5.41) is 62.5. The standard InChI is InChI=1S/C56H92N2O11P.ClH/c1-11-47-56(8,65)51(62)42(6)58(35-38(2)34-55(7,64)52(40(4)49(60)41(5)53(63)68-47)69-54-50(61)46(57(9)10)33-39(3)67-54)48(59)31-25-17-15-13-12-14-16-18-26-32-70(45-36-66-37-45,43-27-21-19-22-28-43)44-29-23-20-24-30-44;/h19-24,27-30,38-42,45-47,49-52,54,60-62,64-65H,11-18,25-26,31-37H2,1-10H3;1H/q+1;/p-1/t38-,39-,40+,41-,42-,46+,47-,49+,50-,51-,52-,54+,55-,56-;/m1./s1. The first kappa shape index (κ1) is 61.3. The van der Waals surface area contributed by atoms with E-state index in [0.717, 1.165) is 38.9 Å². The Morgan fingerprint density at radius 3 is 1.86 bits per heavy atom. The normalized spacial score (nSPS) is 33.9. The van der Waals surface area contributed by atoms with E-state index in [1.165, 1.54) is 56.3 Å². The summed E-state index contributed by atoms with van der Waals surface area (Å²) in [6.45, 7) is 15.3. The first-order chi connectivity index (χ1) is 33.2. The molecule has 3 heterocycles. The molecule has 404 valence electrons. The van der Waals surface area contributed by atoms with E-state index < -0.39 is 79.1 Å². The van der Waals surface area contributed by atoms with E-state index in [1.54, 1.807) is 32.6 Å². The Morgan fingerprint density at radius 1 is 0.817 bits per heavy atom. The highest BCUT2D eigenvalue weighted by molar-refractivity contribution is 7.90. The average Bonchev–Trinajstić information content (AvgIpc) is 3.31. The fourth-order valence-corrected chi connectivity index (χ4v) is 16.6. The second-order valence-corrected chi connectivity index (χ2v) is 26.1. The third-order valence-corrected chi connectivity index (χ3v) is 21.1. The van der Waals surface area contributed by atoms with E-state index in [4.69, 9.17) is 18.9 Å². The first-order valence-electron chi connectivity index (χ1n) is 26.7. The van der Waals surface area contributed by atoms with Crippen molar-refractivity contribution < 1.29 is 66.5 Å². The lowest BCUT2D eigenvalue weighted by molar-refractivity contribution is -0.299. The molecule has 3 fully saturated rings. The highest BCUT2D eigenvalue weighted by atomic mass is 35.5. The number of cyclic esters (lactones) is 1. The smallest absolute Gasteiger partial charge is 0.311 e. The van der Waals surface area contributed by atoms with Crippen LogP contribution in [0, 0.1) is 17.8 Å². The van der Waals surface area contributed by atoms with Crippen LogP contribution in [0.4, 0.5) is 0 Å². The van der Waals surface area contributed by atoms with Crippen molar-refractivity contribution in [2.75, 3.05) is 40.0 Å². The zero-order valence-electron chi connectivity index (χ0n) is 44.7. The van der Waals surface area contributed by atoms with Gasteiger partial charge >= 0.3 is 5.97 Å². The number of aliphatic hydroxyl groups excluding tert-OH is 3. The minimum Gasteiger partial charge on any atom is -1.00 e. The predicted octanol–water partition coefficient (Wildman–Crippen LogP) is 3.84. The molecular formula is C56H92ClN2O11P. The monoisotopic (exact) mass is 1030 g/mol. The van der Waals surface area contributed by atoms with Crippen molar-refractivity contribution in [2.24, 2.45) is 17.8 Å². The van der Waals surface area contributed by atoms with E-state index in [2.05, 4.69) is 60.7 Å². The molecule has 71 heavy (non-hydrogen) atoms. The molecule has 0 spiro atoms. The van der Waals surface area contributed by atoms with Crippen molar-refractivity contribution in [3.63, 3.8) is 0 Å². The van der Waals surface area contributed by atoms with Crippen LogP contribution >= 0.6 is 7.26 Å². The van der Waals surface area contributed by atoms with E-state index in [1.807, 2.05) is 32.8 Å². The Labute approximate surface area is 433 Å². The number of nitrogens with zero attached hydrogens (tertiary/aromatic N) is 2. The molecule has 15 heteroatoms. The molecule has 13 nitrogen and oxygen atoms in total. The minimum absolute atomic E-state index is 0. The van der Waals surface area contributed by atoms with Gasteiger partial charge in [0.25, 0.3) is 0 Å². The topological polar surface area (TPSA) is 179 Å². The van der Waals surface area contributed by atoms with Crippen molar-refractivity contribution in [1.82, 2.24) is 9.80 Å². The minimum atomic E-state index is -1.95. The largest absolute Gasteiger partial charge is 1.00 e. The summed E-state index contributed by atoms with van der Waals surface area (Å²) >= 11 is 0. The summed E-state index contributed by atoms with van der Waals surface area (Å²) < 4.78 is 24.3. The van der Waals surface area contributed by atoms with Crippen molar-refractivity contribution in [3.8, 4) is 0 Å². The molecule has 2 aromatic rings. The number of rotatable bonds is 19. The number of hydrogen-bond acceptors (Lipinski definition) is 12. The van der Waals surface area contributed by atoms with Crippen LogP contribution in [0.5, 0.6) is 0 Å². The fourth-order valence-electron chi connectivity index (χ4n) is 11.7. The molecule has 0 radical (unpaired) electrons. The Morgan fingerprint density at radius 2 is 1.35 bits per heavy atom. The quantitative estimate of drug-likeness (QED) is 0.0782. The number of halogens is 1. The van der Waals surface area contributed by atoms with Crippen LogP contribution in [0.2, 0.25) is 0 Å². The molecule has 2 aromatic carbocycles. The SMILES string of the molecule is CC[C@H]1OC(=O)[C@H](C)[C@@H](O)[C@H](C)[C@@H](O[C@@H]2O[C@H](C)C[C@H](N(C)C)[C@H]2O)[C@](C)(O)C[C@@H](C)CN(C(=O)CCCCCCCCCCC[P+](c2ccccc2)(c2ccccc2)C2COC2)[C@H](C)[C@@H](O)[C@]1(C)O.[Cl-]. The van der Waals surface area contributed by atoms with Crippen LogP contribution in [0.25, 0.3) is 0 Å². The maximum Gasteiger partial charge on any atom is 0.311 e. The van der Waals surface area contributed by atoms with Crippen LogP contribution in [0.15, 0.2) is 60.7 Å². The van der Waals surface area contributed by atoms with Gasteiger partial charge in [-0.1, -0.05) is 95.7 Å². The summed E-state index contributed by atoms with van der Waals surface area (Å²) in [5.41, 5.74) is -3.03. The van der Waals surface area contributed by atoms with Crippen molar-refractivity contribution in [3.05, 3.63) is 60.7 Å². The molecule has 3 aliphatic rings. The highest BCUT2D eigenvalue weighted by Crippen LogP contribution is 2.63. The Hall–Kier alpha value is -2.26. The van der Waals surface area contributed by atoms with Gasteiger partial charge in [0.1, 0.15) is 29.6 Å². The van der Waals surface area contributed by atoms with Gasteiger partial charge in [-0.05, 0) is 117 Å². The van der Waals surface area contributed by atoms with Crippen LogP contribution in [-0.2, 0) is 28.5 Å². The molecule has 0 aromatic heterocycles. The number of carbonyl (C=O) groups excluding carboxylic acids is 2. The number of carbonyl (C=O) groups is 2. The second-order valence-electron chi connectivity index (χ2n) is 22.1. The predicted molar refractivity (Wildman–Crippen MR) is 279 cm³/mol. The number of ether oxygens (including phenoxy) is 4. The Kier molecular flexibility index (Phi) is 24.2. The zero-order chi connectivity index (χ0) is 51.4. The third kappa shape index (κ3) is 15.4. The lowest BCUT2D eigenvalue weighted by atomic mass is 9.78. The molecule has 0 unspecified atom stereocenters. The summed E-state index contributed by atoms with van der Waals surface area (Å²) in [6.07, 6.45) is 4.22. The molecule has 5 N–H and O–H groups in total. The molecule has 5 rings (SSSR count). The van der Waals surface area contributed by atoms with Gasteiger partial charge in [-0.3, -0.25) is 9.59 Å². The van der Waals surface area contributed by atoms with Gasteiger partial charge in [0.05, 0.1) is 73.1 Å². The number of benzene rings is 2. The van der Waals surface area contributed by atoms with Crippen LogP contribution in [0.3, 0.4) is 0 Å². The molecule has 0 saturated carbocycles. The Balaban J connectivity index is 0.0000110. The molecule has 0 aliphatic carbocycles. The van der Waals surface area contributed by atoms with Gasteiger partial charge in [0.2, 0.25) is 5.91 Å². The molecule has 3 saturated heterocycles. The van der Waals surface area contributed by atoms with E-state index in [9.17, 15) is 35.1 Å². The molecular weight excluding hydrogens is 943 g/mol. The van der Waals surface area contributed by atoms with Gasteiger partial charge in [-0.25, -0.2) is 0 Å². The van der Waals surface area contributed by atoms with Gasteiger partial charge in [0.15, 0.2) is 6.29 Å². The highest BCUT2D eigenvalue weighted by Gasteiger charge is 2.53. The number of amides is 1. The van der Waals surface area contributed by atoms with E-state index >= 15 is 0 Å². The summed E-state index contributed by atoms with van der Waals surface area (Å²) in [4.78, 5) is 31.6. The molecule has 1 amide bonds. The van der Waals surface area contributed by atoms with Crippen molar-refractivity contribution in [2.45, 2.75) is 211 Å². The number of esters is 1. The molecule has 0 bridgehead atoms. The van der Waals surface area contributed by atoms with Crippen LogP contribution < -0.4 is 23.0 Å². The molecule has 14 atom stereocenters. The van der Waals surface area contributed by atoms with Crippen LogP contribution in [-0.4, -0.2) is 159 Å². The average molecular weight is 1040 g/mol. The van der Waals surface area contributed by atoms with Gasteiger partial charge in [-0.2, -0.15) is 0 Å². The van der Waals surface area contributed by atoms with Gasteiger partial charge in [-0.15, -0.1) is 0 Å². The van der Waals surface area contributed by atoms with Gasteiger partial charge in [0, 0.05) is 24.9 Å². The maximum absolute atomic E-state index is 14.3. The summed E-state index contributed by atoms with van der Waals surface area (Å²) in [6, 6.07) is 21.1. The van der Waals surface area contributed by atoms with E-state index in [-0.39, 0.29) is 62.2 Å².